The smallest absolute Gasteiger partial charge is 0.220 e. The Kier molecular flexibility index (Phi) is 6.62. The lowest BCUT2D eigenvalue weighted by Crippen LogP contribution is -2.33. The SMILES string of the molecule is COCCCC(=O)NCC(N)=NO. The van der Waals surface area contributed by atoms with Crippen molar-refractivity contribution in [1.82, 2.24) is 5.32 Å². The van der Waals surface area contributed by atoms with Crippen LogP contribution in [-0.2, 0) is 9.53 Å². The fourth-order valence-electron chi connectivity index (χ4n) is 0.690. The number of oxime groups is 1. The largest absolute Gasteiger partial charge is 0.409 e. The molecule has 0 aliphatic rings. The third kappa shape index (κ3) is 7.07. The van der Waals surface area contributed by atoms with Crippen LogP contribution in [0.5, 0.6) is 0 Å². The number of nitrogens with one attached hydrogen (secondary N) is 1. The molecule has 0 unspecified atom stereocenters. The summed E-state index contributed by atoms with van der Waals surface area (Å²) in [5.41, 5.74) is 5.14. The van der Waals surface area contributed by atoms with Gasteiger partial charge in [-0.2, -0.15) is 0 Å². The first-order chi connectivity index (χ1) is 6.20. The van der Waals surface area contributed by atoms with Crippen LogP contribution in [0, 0.1) is 0 Å². The van der Waals surface area contributed by atoms with E-state index in [4.69, 9.17) is 15.7 Å². The van der Waals surface area contributed by atoms with Crippen molar-refractivity contribution < 1.29 is 14.7 Å². The molecule has 4 N–H and O–H groups in total. The van der Waals surface area contributed by atoms with Gasteiger partial charge in [0.1, 0.15) is 0 Å². The van der Waals surface area contributed by atoms with Crippen molar-refractivity contribution in [2.75, 3.05) is 20.3 Å². The Labute approximate surface area is 76.7 Å². The summed E-state index contributed by atoms with van der Waals surface area (Å²) in [7, 11) is 1.58. The quantitative estimate of drug-likeness (QED) is 0.169. The maximum Gasteiger partial charge on any atom is 0.220 e. The highest BCUT2D eigenvalue weighted by Gasteiger charge is 2.00. The van der Waals surface area contributed by atoms with Crippen LogP contribution in [0.2, 0.25) is 0 Å². The number of hydrogen-bond donors (Lipinski definition) is 3. The van der Waals surface area contributed by atoms with Crippen molar-refractivity contribution in [3.8, 4) is 0 Å². The zero-order chi connectivity index (χ0) is 10.1. The first-order valence-corrected chi connectivity index (χ1v) is 3.92. The molecule has 1 amide bonds. The number of rotatable bonds is 6. The van der Waals surface area contributed by atoms with Gasteiger partial charge in [-0.1, -0.05) is 5.16 Å². The normalized spacial score (nSPS) is 11.3. The molecular weight excluding hydrogens is 174 g/mol. The van der Waals surface area contributed by atoms with Crippen molar-refractivity contribution in [2.45, 2.75) is 12.8 Å². The lowest BCUT2D eigenvalue weighted by Gasteiger charge is -2.02. The van der Waals surface area contributed by atoms with E-state index in [1.165, 1.54) is 0 Å². The van der Waals surface area contributed by atoms with Crippen LogP contribution < -0.4 is 11.1 Å². The number of carbonyl (C=O) groups is 1. The van der Waals surface area contributed by atoms with Gasteiger partial charge in [-0.05, 0) is 6.42 Å². The fourth-order valence-corrected chi connectivity index (χ4v) is 0.690. The van der Waals surface area contributed by atoms with Crippen molar-refractivity contribution in [2.24, 2.45) is 10.9 Å². The summed E-state index contributed by atoms with van der Waals surface area (Å²) in [5, 5.41) is 13.3. The molecule has 6 heteroatoms. The number of amidine groups is 1. The summed E-state index contributed by atoms with van der Waals surface area (Å²) in [4.78, 5) is 11.0. The highest BCUT2D eigenvalue weighted by molar-refractivity contribution is 5.86. The van der Waals surface area contributed by atoms with Gasteiger partial charge in [0.15, 0.2) is 5.84 Å². The molecule has 0 rings (SSSR count). The molecule has 0 saturated heterocycles. The number of nitrogens with zero attached hydrogens (tertiary/aromatic N) is 1. The van der Waals surface area contributed by atoms with Crippen molar-refractivity contribution in [3.63, 3.8) is 0 Å². The lowest BCUT2D eigenvalue weighted by molar-refractivity contribution is -0.121. The third-order valence-corrected chi connectivity index (χ3v) is 1.35. The molecule has 76 valence electrons. The molecule has 13 heavy (non-hydrogen) atoms. The predicted octanol–water partition coefficient (Wildman–Crippen LogP) is -0.724. The number of methoxy groups -OCH3 is 1. The van der Waals surface area contributed by atoms with Gasteiger partial charge < -0.3 is 21.0 Å². The number of amides is 1. The Morgan fingerprint density at radius 2 is 2.38 bits per heavy atom. The maximum atomic E-state index is 11.0. The summed E-state index contributed by atoms with van der Waals surface area (Å²) in [6.07, 6.45) is 1.05. The molecule has 0 aromatic rings. The second-order valence-corrected chi connectivity index (χ2v) is 2.46. The molecular formula is C7H15N3O3. The molecule has 0 heterocycles. The summed E-state index contributed by atoms with van der Waals surface area (Å²) in [6, 6.07) is 0. The van der Waals surface area contributed by atoms with Crippen LogP contribution in [0.4, 0.5) is 0 Å². The summed E-state index contributed by atoms with van der Waals surface area (Å²) in [6.45, 7) is 0.624. The van der Waals surface area contributed by atoms with E-state index >= 15 is 0 Å². The Balaban J connectivity index is 3.41. The molecule has 0 bridgehead atoms. The number of nitrogens with two attached hydrogens (primary N) is 1. The summed E-state index contributed by atoms with van der Waals surface area (Å²) in [5.74, 6) is -0.149. The monoisotopic (exact) mass is 189 g/mol. The summed E-state index contributed by atoms with van der Waals surface area (Å²) >= 11 is 0. The van der Waals surface area contributed by atoms with Gasteiger partial charge in [-0.15, -0.1) is 0 Å². The molecule has 0 fully saturated rings. The standard InChI is InChI=1S/C7H15N3O3/c1-13-4-2-3-7(11)9-5-6(8)10-12/h12H,2-5H2,1H3,(H2,8,10)(H,9,11). The average Bonchev–Trinajstić information content (AvgIpc) is 2.14. The van der Waals surface area contributed by atoms with E-state index in [1.54, 1.807) is 7.11 Å². The average molecular weight is 189 g/mol. The molecule has 6 nitrogen and oxygen atoms in total. The topological polar surface area (TPSA) is 96.9 Å². The van der Waals surface area contributed by atoms with Crippen LogP contribution in [0.15, 0.2) is 5.16 Å². The maximum absolute atomic E-state index is 11.0. The molecule has 0 spiro atoms. The molecule has 0 aromatic heterocycles. The van der Waals surface area contributed by atoms with Gasteiger partial charge in [-0.3, -0.25) is 4.79 Å². The Hall–Kier alpha value is -1.30. The minimum Gasteiger partial charge on any atom is -0.409 e. The first-order valence-electron chi connectivity index (χ1n) is 3.92. The van der Waals surface area contributed by atoms with E-state index in [0.717, 1.165) is 0 Å². The minimum absolute atomic E-state index is 0.0138. The van der Waals surface area contributed by atoms with E-state index in [1.807, 2.05) is 0 Å². The minimum atomic E-state index is -0.136. The van der Waals surface area contributed by atoms with Gasteiger partial charge in [0.05, 0.1) is 6.54 Å². The molecule has 0 radical (unpaired) electrons. The van der Waals surface area contributed by atoms with Crippen LogP contribution in [-0.4, -0.2) is 37.2 Å². The van der Waals surface area contributed by atoms with Gasteiger partial charge in [0.2, 0.25) is 5.91 Å². The second-order valence-electron chi connectivity index (χ2n) is 2.46. The van der Waals surface area contributed by atoms with Gasteiger partial charge in [0, 0.05) is 20.1 Å². The van der Waals surface area contributed by atoms with Crippen LogP contribution >= 0.6 is 0 Å². The number of hydrogen-bond acceptors (Lipinski definition) is 4. The Morgan fingerprint density at radius 1 is 1.69 bits per heavy atom. The lowest BCUT2D eigenvalue weighted by atomic mass is 10.3. The number of ether oxygens (including phenoxy) is 1. The first kappa shape index (κ1) is 11.7. The van der Waals surface area contributed by atoms with Gasteiger partial charge in [-0.25, -0.2) is 0 Å². The second kappa shape index (κ2) is 7.35. The number of carbonyl (C=O) groups excluding carboxylic acids is 1. The van der Waals surface area contributed by atoms with E-state index in [-0.39, 0.29) is 18.3 Å². The molecule has 0 aliphatic carbocycles. The van der Waals surface area contributed by atoms with E-state index < -0.39 is 0 Å². The molecule has 0 atom stereocenters. The zero-order valence-corrected chi connectivity index (χ0v) is 7.62. The molecule has 0 aliphatic heterocycles. The van der Waals surface area contributed by atoms with E-state index in [9.17, 15) is 4.79 Å². The van der Waals surface area contributed by atoms with Crippen molar-refractivity contribution in [1.29, 1.82) is 0 Å². The van der Waals surface area contributed by atoms with Crippen LogP contribution in [0.25, 0.3) is 0 Å². The van der Waals surface area contributed by atoms with Crippen molar-refractivity contribution in [3.05, 3.63) is 0 Å². The summed E-state index contributed by atoms with van der Waals surface area (Å²) < 4.78 is 4.77. The Bertz CT molecular complexity index is 182. The van der Waals surface area contributed by atoms with E-state index in [0.29, 0.717) is 19.4 Å². The van der Waals surface area contributed by atoms with E-state index in [2.05, 4.69) is 10.5 Å². The van der Waals surface area contributed by atoms with Crippen molar-refractivity contribution >= 4 is 11.7 Å². The van der Waals surface area contributed by atoms with Gasteiger partial charge in [0.25, 0.3) is 0 Å². The van der Waals surface area contributed by atoms with Gasteiger partial charge >= 0.3 is 0 Å². The third-order valence-electron chi connectivity index (χ3n) is 1.35. The highest BCUT2D eigenvalue weighted by atomic mass is 16.5. The Morgan fingerprint density at radius 3 is 2.92 bits per heavy atom. The molecule has 0 saturated carbocycles. The predicted molar refractivity (Wildman–Crippen MR) is 47.5 cm³/mol. The van der Waals surface area contributed by atoms with Crippen LogP contribution in [0.3, 0.4) is 0 Å². The molecule has 0 aromatic carbocycles. The van der Waals surface area contributed by atoms with Crippen LogP contribution in [0.1, 0.15) is 12.8 Å². The fraction of sp³-hybridized carbons (Fsp3) is 0.714. The zero-order valence-electron chi connectivity index (χ0n) is 7.62. The highest BCUT2D eigenvalue weighted by Crippen LogP contribution is 1.88.